The van der Waals surface area contributed by atoms with Gasteiger partial charge in [-0.25, -0.2) is 0 Å². The van der Waals surface area contributed by atoms with Crippen LogP contribution in [0.3, 0.4) is 0 Å². The standard InChI is InChI=1S/C9H12N2O2S/c10-4-2-1-3-5-11-8(12)6-14-7-9(11)13/h1-3,5-7H2. The zero-order valence-corrected chi connectivity index (χ0v) is 8.68. The van der Waals surface area contributed by atoms with Crippen molar-refractivity contribution in [1.82, 2.24) is 4.90 Å². The first-order valence-corrected chi connectivity index (χ1v) is 5.69. The van der Waals surface area contributed by atoms with Crippen molar-refractivity contribution in [3.05, 3.63) is 0 Å². The Morgan fingerprint density at radius 3 is 2.50 bits per heavy atom. The van der Waals surface area contributed by atoms with Gasteiger partial charge in [-0.2, -0.15) is 5.26 Å². The predicted octanol–water partition coefficient (Wildman–Crippen LogP) is 0.782. The van der Waals surface area contributed by atoms with Gasteiger partial charge in [-0.3, -0.25) is 14.5 Å². The molecule has 0 unspecified atom stereocenters. The average molecular weight is 212 g/mol. The summed E-state index contributed by atoms with van der Waals surface area (Å²) in [5.74, 6) is 0.625. The Balaban J connectivity index is 2.30. The molecule has 0 bridgehead atoms. The van der Waals surface area contributed by atoms with E-state index in [0.717, 1.165) is 12.8 Å². The largest absolute Gasteiger partial charge is 0.281 e. The number of rotatable bonds is 4. The lowest BCUT2D eigenvalue weighted by Crippen LogP contribution is -2.43. The fourth-order valence-corrected chi connectivity index (χ4v) is 2.01. The normalized spacial score (nSPS) is 16.9. The van der Waals surface area contributed by atoms with E-state index >= 15 is 0 Å². The highest BCUT2D eigenvalue weighted by atomic mass is 32.2. The summed E-state index contributed by atoms with van der Waals surface area (Å²) < 4.78 is 0. The van der Waals surface area contributed by atoms with E-state index in [1.54, 1.807) is 0 Å². The summed E-state index contributed by atoms with van der Waals surface area (Å²) >= 11 is 1.37. The molecule has 1 heterocycles. The molecular formula is C9H12N2O2S. The van der Waals surface area contributed by atoms with Crippen molar-refractivity contribution in [2.75, 3.05) is 18.1 Å². The van der Waals surface area contributed by atoms with Crippen LogP contribution in [0.1, 0.15) is 19.3 Å². The molecule has 1 rings (SSSR count). The van der Waals surface area contributed by atoms with Gasteiger partial charge in [0, 0.05) is 13.0 Å². The Labute approximate surface area is 87.3 Å². The zero-order chi connectivity index (χ0) is 10.4. The Bertz CT molecular complexity index is 256. The molecule has 0 aliphatic carbocycles. The van der Waals surface area contributed by atoms with Crippen LogP contribution in [0.4, 0.5) is 0 Å². The second-order valence-corrected chi connectivity index (χ2v) is 4.03. The summed E-state index contributed by atoms with van der Waals surface area (Å²) in [6.45, 7) is 0.472. The second-order valence-electron chi connectivity index (χ2n) is 3.05. The Kier molecular flexibility index (Phi) is 4.47. The van der Waals surface area contributed by atoms with Crippen LogP contribution in [-0.2, 0) is 9.59 Å². The maximum absolute atomic E-state index is 11.3. The summed E-state index contributed by atoms with van der Waals surface area (Å²) in [6, 6.07) is 2.04. The molecule has 5 heteroatoms. The van der Waals surface area contributed by atoms with Gasteiger partial charge in [0.2, 0.25) is 11.8 Å². The first-order valence-electron chi connectivity index (χ1n) is 4.53. The molecule has 1 saturated heterocycles. The van der Waals surface area contributed by atoms with Gasteiger partial charge in [0.15, 0.2) is 0 Å². The number of nitriles is 1. The molecule has 4 nitrogen and oxygen atoms in total. The average Bonchev–Trinajstić information content (AvgIpc) is 2.16. The SMILES string of the molecule is N#CCCCCN1C(=O)CSCC1=O. The van der Waals surface area contributed by atoms with Gasteiger partial charge in [-0.05, 0) is 12.8 Å². The maximum atomic E-state index is 11.3. The molecule has 0 aromatic heterocycles. The summed E-state index contributed by atoms with van der Waals surface area (Å²) in [5, 5.41) is 8.31. The van der Waals surface area contributed by atoms with Crippen LogP contribution in [0.15, 0.2) is 0 Å². The van der Waals surface area contributed by atoms with E-state index in [0.29, 0.717) is 24.5 Å². The van der Waals surface area contributed by atoms with Gasteiger partial charge in [0.1, 0.15) is 0 Å². The van der Waals surface area contributed by atoms with Crippen LogP contribution >= 0.6 is 11.8 Å². The number of carbonyl (C=O) groups excluding carboxylic acids is 2. The first-order chi connectivity index (χ1) is 6.75. The van der Waals surface area contributed by atoms with E-state index in [1.807, 2.05) is 6.07 Å². The molecule has 1 aliphatic heterocycles. The van der Waals surface area contributed by atoms with Crippen molar-refractivity contribution in [3.63, 3.8) is 0 Å². The maximum Gasteiger partial charge on any atom is 0.239 e. The summed E-state index contributed by atoms with van der Waals surface area (Å²) in [6.07, 6.45) is 1.97. The van der Waals surface area contributed by atoms with E-state index in [2.05, 4.69) is 0 Å². The Morgan fingerprint density at radius 1 is 1.29 bits per heavy atom. The fourth-order valence-electron chi connectivity index (χ4n) is 1.24. The topological polar surface area (TPSA) is 61.2 Å². The summed E-state index contributed by atoms with van der Waals surface area (Å²) in [4.78, 5) is 23.9. The Hall–Kier alpha value is -1.02. The molecule has 0 saturated carbocycles. The number of nitrogens with zero attached hydrogens (tertiary/aromatic N) is 2. The molecule has 14 heavy (non-hydrogen) atoms. The van der Waals surface area contributed by atoms with Crippen molar-refractivity contribution in [3.8, 4) is 6.07 Å². The third kappa shape index (κ3) is 3.04. The highest BCUT2D eigenvalue weighted by molar-refractivity contribution is 8.00. The minimum absolute atomic E-state index is 0.0943. The van der Waals surface area contributed by atoms with Crippen molar-refractivity contribution in [1.29, 1.82) is 5.26 Å². The highest BCUT2D eigenvalue weighted by Gasteiger charge is 2.25. The van der Waals surface area contributed by atoms with E-state index in [9.17, 15) is 9.59 Å². The third-order valence-corrected chi connectivity index (χ3v) is 2.88. The monoisotopic (exact) mass is 212 g/mol. The van der Waals surface area contributed by atoms with Crippen LogP contribution in [0.2, 0.25) is 0 Å². The number of hydrogen-bond acceptors (Lipinski definition) is 4. The van der Waals surface area contributed by atoms with Crippen LogP contribution in [0.5, 0.6) is 0 Å². The minimum Gasteiger partial charge on any atom is -0.281 e. The van der Waals surface area contributed by atoms with Gasteiger partial charge in [0.05, 0.1) is 17.6 Å². The van der Waals surface area contributed by atoms with Crippen LogP contribution < -0.4 is 0 Å². The predicted molar refractivity (Wildman–Crippen MR) is 53.5 cm³/mol. The number of hydrogen-bond donors (Lipinski definition) is 0. The number of unbranched alkanes of at least 4 members (excludes halogenated alkanes) is 2. The molecule has 0 radical (unpaired) electrons. The van der Waals surface area contributed by atoms with Crippen LogP contribution in [0.25, 0.3) is 0 Å². The third-order valence-electron chi connectivity index (χ3n) is 1.97. The smallest absolute Gasteiger partial charge is 0.239 e. The second kappa shape index (κ2) is 5.66. The number of carbonyl (C=O) groups is 2. The molecule has 0 atom stereocenters. The molecule has 0 aromatic carbocycles. The summed E-state index contributed by atoms with van der Waals surface area (Å²) in [5.41, 5.74) is 0. The van der Waals surface area contributed by atoms with Gasteiger partial charge in [0.25, 0.3) is 0 Å². The lowest BCUT2D eigenvalue weighted by molar-refractivity contribution is -0.142. The Morgan fingerprint density at radius 2 is 1.93 bits per heavy atom. The molecule has 1 aliphatic rings. The lowest BCUT2D eigenvalue weighted by atomic mass is 10.2. The van der Waals surface area contributed by atoms with Gasteiger partial charge < -0.3 is 0 Å². The van der Waals surface area contributed by atoms with Gasteiger partial charge in [-0.1, -0.05) is 0 Å². The van der Waals surface area contributed by atoms with E-state index in [4.69, 9.17) is 5.26 Å². The summed E-state index contributed by atoms with van der Waals surface area (Å²) in [7, 11) is 0. The van der Waals surface area contributed by atoms with E-state index in [1.165, 1.54) is 16.7 Å². The first kappa shape index (κ1) is 11.1. The van der Waals surface area contributed by atoms with Gasteiger partial charge >= 0.3 is 0 Å². The molecule has 76 valence electrons. The molecule has 0 spiro atoms. The molecule has 0 aromatic rings. The lowest BCUT2D eigenvalue weighted by Gasteiger charge is -2.24. The van der Waals surface area contributed by atoms with Crippen molar-refractivity contribution in [2.24, 2.45) is 0 Å². The number of amides is 2. The van der Waals surface area contributed by atoms with Crippen molar-refractivity contribution < 1.29 is 9.59 Å². The van der Waals surface area contributed by atoms with Crippen molar-refractivity contribution in [2.45, 2.75) is 19.3 Å². The van der Waals surface area contributed by atoms with Gasteiger partial charge in [-0.15, -0.1) is 11.8 Å². The van der Waals surface area contributed by atoms with Crippen molar-refractivity contribution >= 4 is 23.6 Å². The molecular weight excluding hydrogens is 200 g/mol. The molecule has 1 fully saturated rings. The van der Waals surface area contributed by atoms with Crippen LogP contribution in [-0.4, -0.2) is 34.8 Å². The quantitative estimate of drug-likeness (QED) is 0.510. The van der Waals surface area contributed by atoms with Crippen LogP contribution in [0, 0.1) is 11.3 Å². The molecule has 2 amide bonds. The minimum atomic E-state index is -0.0943. The molecule has 0 N–H and O–H groups in total. The zero-order valence-electron chi connectivity index (χ0n) is 7.86. The van der Waals surface area contributed by atoms with E-state index in [-0.39, 0.29) is 11.8 Å². The number of imide groups is 1. The number of thioether (sulfide) groups is 1. The highest BCUT2D eigenvalue weighted by Crippen LogP contribution is 2.12. The van der Waals surface area contributed by atoms with E-state index < -0.39 is 0 Å². The fraction of sp³-hybridized carbons (Fsp3) is 0.667.